The molecule has 0 saturated heterocycles. The highest BCUT2D eigenvalue weighted by Gasteiger charge is 2.09. The van der Waals surface area contributed by atoms with Gasteiger partial charge in [0.05, 0.1) is 12.2 Å². The lowest BCUT2D eigenvalue weighted by Crippen LogP contribution is -2.26. The van der Waals surface area contributed by atoms with Crippen molar-refractivity contribution in [3.8, 4) is 11.8 Å². The minimum Gasteiger partial charge on any atom is -0.395 e. The minimum absolute atomic E-state index is 0.0358. The number of hydrogen-bond acceptors (Lipinski definition) is 3. The lowest BCUT2D eigenvalue weighted by atomic mass is 10.0. The van der Waals surface area contributed by atoms with Gasteiger partial charge in [-0.2, -0.15) is 11.8 Å². The highest BCUT2D eigenvalue weighted by molar-refractivity contribution is 7.98. The first-order chi connectivity index (χ1) is 9.19. The molecule has 2 N–H and O–H groups in total. The first-order valence-corrected chi connectivity index (χ1v) is 7.56. The number of aliphatic hydroxyl groups excluding tert-OH is 1. The Balaban J connectivity index is 2.88. The van der Waals surface area contributed by atoms with Gasteiger partial charge >= 0.3 is 0 Å². The molecule has 1 aromatic carbocycles. The van der Waals surface area contributed by atoms with Crippen molar-refractivity contribution in [2.45, 2.75) is 13.3 Å². The van der Waals surface area contributed by atoms with Crippen LogP contribution in [0.1, 0.15) is 27.9 Å². The van der Waals surface area contributed by atoms with Gasteiger partial charge in [0.2, 0.25) is 0 Å². The predicted octanol–water partition coefficient (Wildman–Crippen LogP) is 1.82. The van der Waals surface area contributed by atoms with Crippen molar-refractivity contribution in [2.24, 2.45) is 0 Å². The van der Waals surface area contributed by atoms with Crippen LogP contribution in [0.3, 0.4) is 0 Å². The van der Waals surface area contributed by atoms with E-state index in [1.54, 1.807) is 11.8 Å². The summed E-state index contributed by atoms with van der Waals surface area (Å²) < 4.78 is 0. The van der Waals surface area contributed by atoms with Gasteiger partial charge in [0, 0.05) is 24.3 Å². The number of aryl methyl sites for hydroxylation is 1. The molecular weight excluding hydrogens is 258 g/mol. The molecular formula is C15H19NO2S. The smallest absolute Gasteiger partial charge is 0.252 e. The first kappa shape index (κ1) is 15.6. The Hall–Kier alpha value is -1.44. The van der Waals surface area contributed by atoms with E-state index in [4.69, 9.17) is 5.11 Å². The Morgan fingerprint density at radius 3 is 2.95 bits per heavy atom. The Morgan fingerprint density at radius 2 is 2.26 bits per heavy atom. The van der Waals surface area contributed by atoms with Crippen molar-refractivity contribution in [1.29, 1.82) is 0 Å². The average molecular weight is 277 g/mol. The standard InChI is InChI=1S/C15H19NO2S/c1-12-6-7-13(5-3-4-9-17)14(11-12)15(18)16-8-10-19-2/h6-7,11,17H,4,8-10H2,1-2H3,(H,16,18). The molecule has 0 heterocycles. The van der Waals surface area contributed by atoms with Gasteiger partial charge in [0.1, 0.15) is 0 Å². The van der Waals surface area contributed by atoms with Gasteiger partial charge < -0.3 is 10.4 Å². The Kier molecular flexibility index (Phi) is 7.09. The van der Waals surface area contributed by atoms with E-state index in [1.807, 2.05) is 31.4 Å². The summed E-state index contributed by atoms with van der Waals surface area (Å²) in [5.74, 6) is 6.59. The molecule has 0 spiro atoms. The lowest BCUT2D eigenvalue weighted by Gasteiger charge is -2.07. The molecule has 0 aromatic heterocycles. The molecule has 4 heteroatoms. The van der Waals surface area contributed by atoms with E-state index < -0.39 is 0 Å². The Bertz CT molecular complexity index is 489. The van der Waals surface area contributed by atoms with Crippen molar-refractivity contribution < 1.29 is 9.90 Å². The number of carbonyl (C=O) groups excluding carboxylic acids is 1. The molecule has 0 aliphatic carbocycles. The van der Waals surface area contributed by atoms with Crippen LogP contribution in [0.15, 0.2) is 18.2 Å². The Labute approximate surface area is 118 Å². The summed E-state index contributed by atoms with van der Waals surface area (Å²) >= 11 is 1.69. The van der Waals surface area contributed by atoms with E-state index in [0.29, 0.717) is 24.1 Å². The molecule has 0 aliphatic heterocycles. The summed E-state index contributed by atoms with van der Waals surface area (Å²) in [6.07, 6.45) is 2.42. The quantitative estimate of drug-likeness (QED) is 0.637. The van der Waals surface area contributed by atoms with E-state index >= 15 is 0 Å². The molecule has 19 heavy (non-hydrogen) atoms. The Morgan fingerprint density at radius 1 is 1.47 bits per heavy atom. The van der Waals surface area contributed by atoms with E-state index in [0.717, 1.165) is 11.3 Å². The monoisotopic (exact) mass is 277 g/mol. The first-order valence-electron chi connectivity index (χ1n) is 6.16. The number of rotatable bonds is 5. The second kappa shape index (κ2) is 8.63. The maximum Gasteiger partial charge on any atom is 0.252 e. The van der Waals surface area contributed by atoms with Crippen LogP contribution in [0, 0.1) is 18.8 Å². The van der Waals surface area contributed by atoms with Crippen LogP contribution < -0.4 is 5.32 Å². The fourth-order valence-corrected chi connectivity index (χ4v) is 1.84. The second-order valence-corrected chi connectivity index (χ2v) is 5.06. The second-order valence-electron chi connectivity index (χ2n) is 4.07. The van der Waals surface area contributed by atoms with Gasteiger partial charge in [-0.25, -0.2) is 0 Å². The number of nitrogens with one attached hydrogen (secondary N) is 1. The number of amides is 1. The summed E-state index contributed by atoms with van der Waals surface area (Å²) in [6, 6.07) is 5.63. The summed E-state index contributed by atoms with van der Waals surface area (Å²) in [6.45, 7) is 2.63. The highest BCUT2D eigenvalue weighted by atomic mass is 32.2. The maximum atomic E-state index is 12.1. The van der Waals surface area contributed by atoms with E-state index in [-0.39, 0.29) is 12.5 Å². The molecule has 0 saturated carbocycles. The van der Waals surface area contributed by atoms with Crippen molar-refractivity contribution in [1.82, 2.24) is 5.32 Å². The number of aliphatic hydroxyl groups is 1. The van der Waals surface area contributed by atoms with E-state index in [9.17, 15) is 4.79 Å². The normalized spacial score (nSPS) is 9.63. The van der Waals surface area contributed by atoms with Crippen LogP contribution in [0.25, 0.3) is 0 Å². The number of hydrogen-bond donors (Lipinski definition) is 2. The predicted molar refractivity (Wildman–Crippen MR) is 80.5 cm³/mol. The van der Waals surface area contributed by atoms with Crippen LogP contribution in [-0.4, -0.2) is 36.2 Å². The van der Waals surface area contributed by atoms with Crippen LogP contribution in [0.5, 0.6) is 0 Å². The summed E-state index contributed by atoms with van der Waals surface area (Å²) in [5.41, 5.74) is 2.34. The molecule has 0 fully saturated rings. The molecule has 102 valence electrons. The average Bonchev–Trinajstić information content (AvgIpc) is 2.40. The third-order valence-electron chi connectivity index (χ3n) is 2.47. The summed E-state index contributed by atoms with van der Waals surface area (Å²) in [7, 11) is 0. The van der Waals surface area contributed by atoms with E-state index in [2.05, 4.69) is 17.2 Å². The maximum absolute atomic E-state index is 12.1. The summed E-state index contributed by atoms with van der Waals surface area (Å²) in [4.78, 5) is 12.1. The van der Waals surface area contributed by atoms with Crippen molar-refractivity contribution >= 4 is 17.7 Å². The van der Waals surface area contributed by atoms with Crippen molar-refractivity contribution in [2.75, 3.05) is 25.2 Å². The number of carbonyl (C=O) groups is 1. The largest absolute Gasteiger partial charge is 0.395 e. The molecule has 3 nitrogen and oxygen atoms in total. The van der Waals surface area contributed by atoms with E-state index in [1.165, 1.54) is 0 Å². The molecule has 0 atom stereocenters. The zero-order chi connectivity index (χ0) is 14.1. The van der Waals surface area contributed by atoms with Gasteiger partial charge in [0.15, 0.2) is 0 Å². The molecule has 0 unspecified atom stereocenters. The van der Waals surface area contributed by atoms with Crippen LogP contribution in [0.4, 0.5) is 0 Å². The van der Waals surface area contributed by atoms with Gasteiger partial charge in [-0.3, -0.25) is 4.79 Å². The summed E-state index contributed by atoms with van der Waals surface area (Å²) in [5, 5.41) is 11.6. The van der Waals surface area contributed by atoms with Gasteiger partial charge in [0.25, 0.3) is 5.91 Å². The lowest BCUT2D eigenvalue weighted by molar-refractivity contribution is 0.0956. The van der Waals surface area contributed by atoms with Crippen LogP contribution in [-0.2, 0) is 0 Å². The third-order valence-corrected chi connectivity index (χ3v) is 3.08. The molecule has 0 aliphatic rings. The number of thioether (sulfide) groups is 1. The van der Waals surface area contributed by atoms with Gasteiger partial charge in [-0.1, -0.05) is 23.5 Å². The zero-order valence-electron chi connectivity index (χ0n) is 11.3. The number of benzene rings is 1. The molecule has 0 radical (unpaired) electrons. The SMILES string of the molecule is CSCCNC(=O)c1cc(C)ccc1C#CCCO. The fourth-order valence-electron chi connectivity index (χ4n) is 1.53. The zero-order valence-corrected chi connectivity index (χ0v) is 12.1. The molecule has 1 amide bonds. The van der Waals surface area contributed by atoms with Crippen LogP contribution in [0.2, 0.25) is 0 Å². The molecule has 1 rings (SSSR count). The van der Waals surface area contributed by atoms with Crippen LogP contribution >= 0.6 is 11.8 Å². The van der Waals surface area contributed by atoms with Crippen molar-refractivity contribution in [3.05, 3.63) is 34.9 Å². The molecule has 1 aromatic rings. The highest BCUT2D eigenvalue weighted by Crippen LogP contribution is 2.11. The van der Waals surface area contributed by atoms with Crippen molar-refractivity contribution in [3.63, 3.8) is 0 Å². The fraction of sp³-hybridized carbons (Fsp3) is 0.400. The van der Waals surface area contributed by atoms with Gasteiger partial charge in [-0.05, 0) is 25.3 Å². The molecule has 0 bridgehead atoms. The topological polar surface area (TPSA) is 49.3 Å². The van der Waals surface area contributed by atoms with Gasteiger partial charge in [-0.15, -0.1) is 0 Å². The minimum atomic E-state index is -0.0916. The third kappa shape index (κ3) is 5.37.